The van der Waals surface area contributed by atoms with Gasteiger partial charge in [0.25, 0.3) is 5.91 Å². The number of likely N-dealkylation sites (tertiary alicyclic amines) is 1. The molecule has 0 saturated carbocycles. The van der Waals surface area contributed by atoms with Crippen LogP contribution in [0.2, 0.25) is 0 Å². The lowest BCUT2D eigenvalue weighted by atomic mass is 10.1. The smallest absolute Gasteiger partial charge is 0.264 e. The Morgan fingerprint density at radius 1 is 1.04 bits per heavy atom. The van der Waals surface area contributed by atoms with Gasteiger partial charge in [0.1, 0.15) is 0 Å². The van der Waals surface area contributed by atoms with Crippen molar-refractivity contribution in [3.8, 4) is 0 Å². The molecule has 2 aliphatic rings. The average Bonchev–Trinajstić information content (AvgIpc) is 3.27. The van der Waals surface area contributed by atoms with Crippen LogP contribution < -0.4 is 0 Å². The zero-order valence-corrected chi connectivity index (χ0v) is 17.6. The van der Waals surface area contributed by atoms with E-state index in [9.17, 15) is 14.4 Å². The number of carbonyl (C=O) groups excluding carboxylic acids is 3. The minimum atomic E-state index is -0.140. The van der Waals surface area contributed by atoms with Crippen LogP contribution in [0.4, 0.5) is 0 Å². The van der Waals surface area contributed by atoms with Crippen LogP contribution in [0, 0.1) is 0 Å². The van der Waals surface area contributed by atoms with E-state index in [1.54, 1.807) is 18.0 Å². The highest BCUT2D eigenvalue weighted by Crippen LogP contribution is 2.15. The molecule has 3 rings (SSSR count). The van der Waals surface area contributed by atoms with Crippen molar-refractivity contribution in [1.82, 2.24) is 19.6 Å². The number of hydrogen-bond acceptors (Lipinski definition) is 5. The zero-order valence-electron chi connectivity index (χ0n) is 16.8. The number of thiophene rings is 1. The first-order valence-electron chi connectivity index (χ1n) is 10.1. The number of carbonyl (C=O) groups is 3. The summed E-state index contributed by atoms with van der Waals surface area (Å²) in [5.74, 6) is 0.0468. The maximum Gasteiger partial charge on any atom is 0.264 e. The summed E-state index contributed by atoms with van der Waals surface area (Å²) < 4.78 is 0. The van der Waals surface area contributed by atoms with Gasteiger partial charge in [-0.15, -0.1) is 11.3 Å². The van der Waals surface area contributed by atoms with E-state index in [2.05, 4.69) is 4.90 Å². The van der Waals surface area contributed by atoms with Gasteiger partial charge in [-0.1, -0.05) is 6.07 Å². The van der Waals surface area contributed by atoms with Gasteiger partial charge in [-0.05, 0) is 37.6 Å². The third-order valence-corrected chi connectivity index (χ3v) is 6.55. The fourth-order valence-electron chi connectivity index (χ4n) is 3.86. The summed E-state index contributed by atoms with van der Waals surface area (Å²) in [6.07, 6.45) is 3.40. The third-order valence-electron chi connectivity index (χ3n) is 5.69. The van der Waals surface area contributed by atoms with Crippen molar-refractivity contribution in [2.24, 2.45) is 0 Å². The van der Waals surface area contributed by atoms with Crippen LogP contribution in [0.25, 0.3) is 0 Å². The van der Waals surface area contributed by atoms with Crippen LogP contribution >= 0.6 is 11.3 Å². The quantitative estimate of drug-likeness (QED) is 0.741. The Morgan fingerprint density at radius 3 is 2.32 bits per heavy atom. The van der Waals surface area contributed by atoms with Gasteiger partial charge in [0.05, 0.1) is 17.5 Å². The molecule has 0 aromatic carbocycles. The van der Waals surface area contributed by atoms with E-state index in [-0.39, 0.29) is 30.3 Å². The van der Waals surface area contributed by atoms with E-state index < -0.39 is 0 Å². The van der Waals surface area contributed by atoms with E-state index in [1.165, 1.54) is 22.7 Å². The molecule has 0 aliphatic carbocycles. The van der Waals surface area contributed by atoms with Gasteiger partial charge in [0, 0.05) is 46.3 Å². The Balaban J connectivity index is 1.45. The van der Waals surface area contributed by atoms with Crippen molar-refractivity contribution in [3.63, 3.8) is 0 Å². The molecular formula is C20H30N4O3S. The Labute approximate surface area is 170 Å². The van der Waals surface area contributed by atoms with E-state index >= 15 is 0 Å². The van der Waals surface area contributed by atoms with Crippen molar-refractivity contribution in [1.29, 1.82) is 0 Å². The molecule has 0 bridgehead atoms. The Hall–Kier alpha value is -1.93. The average molecular weight is 407 g/mol. The minimum absolute atomic E-state index is 0.0398. The molecular weight excluding hydrogens is 376 g/mol. The van der Waals surface area contributed by atoms with E-state index in [4.69, 9.17) is 0 Å². The molecule has 1 unspecified atom stereocenters. The van der Waals surface area contributed by atoms with Crippen molar-refractivity contribution in [2.75, 3.05) is 52.9 Å². The van der Waals surface area contributed by atoms with Crippen molar-refractivity contribution < 1.29 is 14.4 Å². The second kappa shape index (κ2) is 9.52. The summed E-state index contributed by atoms with van der Waals surface area (Å²) in [5, 5.41) is 1.86. The zero-order chi connectivity index (χ0) is 20.1. The molecule has 0 radical (unpaired) electrons. The topological polar surface area (TPSA) is 64.2 Å². The normalized spacial score (nSPS) is 19.4. The molecule has 7 nitrogen and oxygen atoms in total. The second-order valence-electron chi connectivity index (χ2n) is 7.62. The first-order valence-corrected chi connectivity index (χ1v) is 10.9. The lowest BCUT2D eigenvalue weighted by Crippen LogP contribution is -2.57. The SMILES string of the molecule is CC(C(=O)N1CCCCC1)N1CCN(C(=O)CN(C)C(=O)c2cccs2)CC1. The summed E-state index contributed by atoms with van der Waals surface area (Å²) in [7, 11) is 1.66. The molecule has 8 heteroatoms. The highest BCUT2D eigenvalue weighted by Gasteiger charge is 2.31. The van der Waals surface area contributed by atoms with Crippen LogP contribution in [0.3, 0.4) is 0 Å². The number of piperazine rings is 1. The molecule has 1 atom stereocenters. The minimum Gasteiger partial charge on any atom is -0.341 e. The standard InChI is InChI=1S/C20H30N4O3S/c1-16(19(26)24-8-4-3-5-9-24)22-10-12-23(13-11-22)18(25)15-21(2)20(27)17-7-6-14-28-17/h6-7,14,16H,3-5,8-13,15H2,1-2H3. The van der Waals surface area contributed by atoms with E-state index in [0.717, 1.165) is 25.9 Å². The fourth-order valence-corrected chi connectivity index (χ4v) is 4.57. The number of piperidine rings is 1. The van der Waals surface area contributed by atoms with Crippen LogP contribution in [0.1, 0.15) is 35.9 Å². The summed E-state index contributed by atoms with van der Waals surface area (Å²) in [6.45, 7) is 6.36. The number of rotatable bonds is 5. The molecule has 1 aromatic heterocycles. The highest BCUT2D eigenvalue weighted by molar-refractivity contribution is 7.12. The number of likely N-dealkylation sites (N-methyl/N-ethyl adjacent to an activating group) is 1. The molecule has 28 heavy (non-hydrogen) atoms. The molecule has 3 heterocycles. The fraction of sp³-hybridized carbons (Fsp3) is 0.650. The third kappa shape index (κ3) is 4.91. The molecule has 3 amide bonds. The van der Waals surface area contributed by atoms with Crippen LogP contribution in [0.15, 0.2) is 17.5 Å². The lowest BCUT2D eigenvalue weighted by Gasteiger charge is -2.40. The summed E-state index contributed by atoms with van der Waals surface area (Å²) in [4.78, 5) is 45.7. The van der Waals surface area contributed by atoms with Crippen LogP contribution in [-0.2, 0) is 9.59 Å². The molecule has 2 saturated heterocycles. The molecule has 0 N–H and O–H groups in total. The van der Waals surface area contributed by atoms with Crippen LogP contribution in [0.5, 0.6) is 0 Å². The van der Waals surface area contributed by atoms with Gasteiger partial charge < -0.3 is 14.7 Å². The molecule has 154 valence electrons. The summed E-state index contributed by atoms with van der Waals surface area (Å²) >= 11 is 1.38. The lowest BCUT2D eigenvalue weighted by molar-refractivity contribution is -0.139. The van der Waals surface area contributed by atoms with Crippen molar-refractivity contribution in [2.45, 2.75) is 32.2 Å². The van der Waals surface area contributed by atoms with Crippen molar-refractivity contribution >= 4 is 29.1 Å². The Bertz CT molecular complexity index is 680. The number of hydrogen-bond donors (Lipinski definition) is 0. The van der Waals surface area contributed by atoms with Crippen molar-refractivity contribution in [3.05, 3.63) is 22.4 Å². The van der Waals surface area contributed by atoms with E-state index in [1.807, 2.05) is 23.3 Å². The largest absolute Gasteiger partial charge is 0.341 e. The maximum absolute atomic E-state index is 12.7. The predicted octanol–water partition coefficient (Wildman–Crippen LogP) is 1.37. The predicted molar refractivity (Wildman–Crippen MR) is 109 cm³/mol. The molecule has 0 spiro atoms. The monoisotopic (exact) mass is 406 g/mol. The van der Waals surface area contributed by atoms with Gasteiger partial charge in [-0.2, -0.15) is 0 Å². The second-order valence-corrected chi connectivity index (χ2v) is 8.56. The first kappa shape index (κ1) is 20.8. The summed E-state index contributed by atoms with van der Waals surface area (Å²) in [6, 6.07) is 3.46. The Morgan fingerprint density at radius 2 is 1.71 bits per heavy atom. The van der Waals surface area contributed by atoms with Gasteiger partial charge >= 0.3 is 0 Å². The number of nitrogens with zero attached hydrogens (tertiary/aromatic N) is 4. The molecule has 1 aromatic rings. The highest BCUT2D eigenvalue weighted by atomic mass is 32.1. The van der Waals surface area contributed by atoms with Crippen LogP contribution in [-0.4, -0.2) is 96.2 Å². The van der Waals surface area contributed by atoms with Gasteiger partial charge in [-0.25, -0.2) is 0 Å². The molecule has 2 fully saturated rings. The van der Waals surface area contributed by atoms with Gasteiger partial charge in [0.2, 0.25) is 11.8 Å². The number of amides is 3. The van der Waals surface area contributed by atoms with Gasteiger partial charge in [-0.3, -0.25) is 19.3 Å². The maximum atomic E-state index is 12.7. The first-order chi connectivity index (χ1) is 13.5. The summed E-state index contributed by atoms with van der Waals surface area (Å²) in [5.41, 5.74) is 0. The van der Waals surface area contributed by atoms with Gasteiger partial charge in [0.15, 0.2) is 0 Å². The van der Waals surface area contributed by atoms with E-state index in [0.29, 0.717) is 31.1 Å². The Kier molecular flexibility index (Phi) is 7.07. The molecule has 2 aliphatic heterocycles.